The van der Waals surface area contributed by atoms with E-state index >= 15 is 0 Å². The number of likely N-dealkylation sites (N-methyl/N-ethyl adjacent to an activating group) is 1. The summed E-state index contributed by atoms with van der Waals surface area (Å²) in [4.78, 5) is 7.13. The van der Waals surface area contributed by atoms with E-state index in [9.17, 15) is 0 Å². The van der Waals surface area contributed by atoms with Crippen LogP contribution in [0.5, 0.6) is 0 Å². The van der Waals surface area contributed by atoms with E-state index in [0.29, 0.717) is 0 Å². The summed E-state index contributed by atoms with van der Waals surface area (Å²) in [6.07, 6.45) is 3.33. The van der Waals surface area contributed by atoms with Gasteiger partial charge in [-0.1, -0.05) is 32.4 Å². The number of anilines is 1. The largest absolute Gasteiger partial charge is 0.353 e. The van der Waals surface area contributed by atoms with Gasteiger partial charge in [0.1, 0.15) is 5.82 Å². The molecule has 1 rings (SSSR count). The van der Waals surface area contributed by atoms with E-state index in [1.807, 2.05) is 0 Å². The van der Waals surface area contributed by atoms with Gasteiger partial charge >= 0.3 is 0 Å². The number of pyridine rings is 1. The zero-order valence-corrected chi connectivity index (χ0v) is 14.2. The second-order valence-electron chi connectivity index (χ2n) is 5.72. The molecule has 0 fully saturated rings. The summed E-state index contributed by atoms with van der Waals surface area (Å²) < 4.78 is 0. The first-order valence-electron chi connectivity index (χ1n) is 8.20. The number of hydrogen-bond acceptors (Lipinski definition) is 3. The normalized spacial score (nSPS) is 10.7. The summed E-state index contributed by atoms with van der Waals surface area (Å²) in [5.74, 6) is 1.08. The third kappa shape index (κ3) is 6.30. The Labute approximate surface area is 130 Å². The van der Waals surface area contributed by atoms with Crippen molar-refractivity contribution in [2.24, 2.45) is 0 Å². The molecule has 0 unspecified atom stereocenters. The molecule has 0 saturated heterocycles. The Morgan fingerprint density at radius 3 is 2.57 bits per heavy atom. The Hall–Kier alpha value is -1.35. The van der Waals surface area contributed by atoms with Crippen LogP contribution in [0, 0.1) is 0 Å². The molecular weight excluding hydrogens is 258 g/mol. The predicted octanol–water partition coefficient (Wildman–Crippen LogP) is 3.94. The Morgan fingerprint density at radius 2 is 2.00 bits per heavy atom. The van der Waals surface area contributed by atoms with Crippen LogP contribution in [-0.4, -0.2) is 24.6 Å². The third-order valence-corrected chi connectivity index (χ3v) is 3.35. The molecule has 0 aromatic carbocycles. The van der Waals surface area contributed by atoms with Crippen LogP contribution in [0.3, 0.4) is 0 Å². The molecule has 3 nitrogen and oxygen atoms in total. The molecular formula is C18H31N3. The van der Waals surface area contributed by atoms with Crippen molar-refractivity contribution in [2.75, 3.05) is 24.5 Å². The first kappa shape index (κ1) is 17.7. The summed E-state index contributed by atoms with van der Waals surface area (Å²) >= 11 is 0. The van der Waals surface area contributed by atoms with Gasteiger partial charge in [0.05, 0.1) is 0 Å². The van der Waals surface area contributed by atoms with Crippen molar-refractivity contribution in [3.8, 4) is 0 Å². The van der Waals surface area contributed by atoms with Gasteiger partial charge in [0, 0.05) is 25.3 Å². The highest BCUT2D eigenvalue weighted by atomic mass is 15.2. The Kier molecular flexibility index (Phi) is 8.06. The quantitative estimate of drug-likeness (QED) is 0.522. The number of aromatic nitrogens is 1. The van der Waals surface area contributed by atoms with Gasteiger partial charge in [-0.2, -0.15) is 0 Å². The number of hydrogen-bond donors (Lipinski definition) is 1. The van der Waals surface area contributed by atoms with Crippen LogP contribution in [0.25, 0.3) is 0 Å². The van der Waals surface area contributed by atoms with Gasteiger partial charge in [0.25, 0.3) is 0 Å². The molecule has 1 aromatic heterocycles. The SMILES string of the molecule is C=C(C)CN(CC)c1cc(CNCCC)cc(CCC)n1. The van der Waals surface area contributed by atoms with Crippen molar-refractivity contribution in [1.29, 1.82) is 0 Å². The van der Waals surface area contributed by atoms with Crippen LogP contribution in [0.2, 0.25) is 0 Å². The van der Waals surface area contributed by atoms with Gasteiger partial charge in [0.15, 0.2) is 0 Å². The monoisotopic (exact) mass is 289 g/mol. The summed E-state index contributed by atoms with van der Waals surface area (Å²) in [6.45, 7) is 16.5. The van der Waals surface area contributed by atoms with E-state index in [-0.39, 0.29) is 0 Å². The minimum absolute atomic E-state index is 0.876. The highest BCUT2D eigenvalue weighted by molar-refractivity contribution is 5.44. The molecule has 0 aliphatic rings. The Morgan fingerprint density at radius 1 is 1.24 bits per heavy atom. The molecule has 0 atom stereocenters. The molecule has 0 amide bonds. The summed E-state index contributed by atoms with van der Waals surface area (Å²) in [7, 11) is 0. The third-order valence-electron chi connectivity index (χ3n) is 3.35. The number of nitrogens with one attached hydrogen (secondary N) is 1. The van der Waals surface area contributed by atoms with Crippen LogP contribution in [0.4, 0.5) is 5.82 Å². The fourth-order valence-electron chi connectivity index (χ4n) is 2.37. The molecule has 3 heteroatoms. The summed E-state index contributed by atoms with van der Waals surface area (Å²) in [5, 5.41) is 3.48. The van der Waals surface area contributed by atoms with Crippen molar-refractivity contribution in [1.82, 2.24) is 10.3 Å². The van der Waals surface area contributed by atoms with E-state index < -0.39 is 0 Å². The predicted molar refractivity (Wildman–Crippen MR) is 92.9 cm³/mol. The van der Waals surface area contributed by atoms with Crippen LogP contribution in [0.1, 0.15) is 51.8 Å². The van der Waals surface area contributed by atoms with E-state index in [4.69, 9.17) is 4.98 Å². The molecule has 0 aliphatic carbocycles. The van der Waals surface area contributed by atoms with Gasteiger partial charge in [-0.05, 0) is 50.9 Å². The van der Waals surface area contributed by atoms with E-state index in [0.717, 1.165) is 51.3 Å². The average Bonchev–Trinajstić information content (AvgIpc) is 2.45. The van der Waals surface area contributed by atoms with Crippen LogP contribution in [0.15, 0.2) is 24.3 Å². The summed E-state index contributed by atoms with van der Waals surface area (Å²) in [6, 6.07) is 4.46. The molecule has 1 heterocycles. The standard InChI is InChI=1S/C18H31N3/c1-6-9-17-11-16(13-19-10-7-2)12-18(20-17)21(8-3)14-15(4)5/h11-12,19H,4,6-10,13-14H2,1-3,5H3. The van der Waals surface area contributed by atoms with Crippen molar-refractivity contribution >= 4 is 5.82 Å². The smallest absolute Gasteiger partial charge is 0.129 e. The van der Waals surface area contributed by atoms with Gasteiger partial charge in [-0.3, -0.25) is 0 Å². The fourth-order valence-corrected chi connectivity index (χ4v) is 2.37. The first-order chi connectivity index (χ1) is 10.1. The molecule has 21 heavy (non-hydrogen) atoms. The Bertz CT molecular complexity index is 440. The second-order valence-corrected chi connectivity index (χ2v) is 5.72. The first-order valence-corrected chi connectivity index (χ1v) is 8.20. The number of aryl methyl sites for hydroxylation is 1. The maximum absolute atomic E-state index is 4.83. The highest BCUT2D eigenvalue weighted by Crippen LogP contribution is 2.17. The molecule has 0 aliphatic heterocycles. The lowest BCUT2D eigenvalue weighted by atomic mass is 10.1. The molecule has 118 valence electrons. The highest BCUT2D eigenvalue weighted by Gasteiger charge is 2.09. The van der Waals surface area contributed by atoms with Gasteiger partial charge < -0.3 is 10.2 Å². The van der Waals surface area contributed by atoms with E-state index in [2.05, 4.69) is 56.6 Å². The average molecular weight is 289 g/mol. The summed E-state index contributed by atoms with van der Waals surface area (Å²) in [5.41, 5.74) is 3.70. The fraction of sp³-hybridized carbons (Fsp3) is 0.611. The second kappa shape index (κ2) is 9.56. The molecule has 0 radical (unpaired) electrons. The van der Waals surface area contributed by atoms with Gasteiger partial charge in [-0.25, -0.2) is 4.98 Å². The molecule has 1 N–H and O–H groups in total. The minimum atomic E-state index is 0.876. The minimum Gasteiger partial charge on any atom is -0.353 e. The zero-order valence-electron chi connectivity index (χ0n) is 14.2. The lowest BCUT2D eigenvalue weighted by molar-refractivity contribution is 0.673. The van der Waals surface area contributed by atoms with E-state index in [1.165, 1.54) is 16.8 Å². The van der Waals surface area contributed by atoms with Crippen LogP contribution >= 0.6 is 0 Å². The molecule has 0 bridgehead atoms. The van der Waals surface area contributed by atoms with Crippen molar-refractivity contribution in [2.45, 2.75) is 53.5 Å². The van der Waals surface area contributed by atoms with E-state index in [1.54, 1.807) is 0 Å². The Balaban J connectivity index is 2.96. The van der Waals surface area contributed by atoms with Crippen LogP contribution < -0.4 is 10.2 Å². The van der Waals surface area contributed by atoms with Crippen molar-refractivity contribution < 1.29 is 0 Å². The van der Waals surface area contributed by atoms with Crippen LogP contribution in [-0.2, 0) is 13.0 Å². The molecule has 0 saturated carbocycles. The van der Waals surface area contributed by atoms with Gasteiger partial charge in [-0.15, -0.1) is 0 Å². The van der Waals surface area contributed by atoms with Gasteiger partial charge in [0.2, 0.25) is 0 Å². The number of rotatable bonds is 10. The molecule has 0 spiro atoms. The topological polar surface area (TPSA) is 28.2 Å². The lowest BCUT2D eigenvalue weighted by Gasteiger charge is -2.23. The maximum atomic E-state index is 4.83. The lowest BCUT2D eigenvalue weighted by Crippen LogP contribution is -2.26. The van der Waals surface area contributed by atoms with Crippen molar-refractivity contribution in [3.63, 3.8) is 0 Å². The van der Waals surface area contributed by atoms with Crippen molar-refractivity contribution in [3.05, 3.63) is 35.5 Å². The zero-order chi connectivity index (χ0) is 15.7. The molecule has 1 aromatic rings. The maximum Gasteiger partial charge on any atom is 0.129 e. The number of nitrogens with zero attached hydrogens (tertiary/aromatic N) is 2.